The minimum absolute atomic E-state index is 0.0898. The van der Waals surface area contributed by atoms with Crippen molar-refractivity contribution < 1.29 is 4.79 Å². The van der Waals surface area contributed by atoms with Gasteiger partial charge in [0.25, 0.3) is 0 Å². The van der Waals surface area contributed by atoms with Crippen molar-refractivity contribution in [3.05, 3.63) is 94.5 Å². The Labute approximate surface area is 156 Å². The van der Waals surface area contributed by atoms with Crippen LogP contribution in [-0.2, 0) is 0 Å². The molecule has 0 amide bonds. The van der Waals surface area contributed by atoms with Gasteiger partial charge in [0, 0.05) is 27.3 Å². The second-order valence-corrected chi connectivity index (χ2v) is 6.70. The van der Waals surface area contributed by atoms with E-state index < -0.39 is 0 Å². The maximum atomic E-state index is 12.8. The van der Waals surface area contributed by atoms with Crippen LogP contribution in [0.25, 0.3) is 0 Å². The van der Waals surface area contributed by atoms with Gasteiger partial charge in [0.05, 0.1) is 5.69 Å². The fourth-order valence-corrected chi connectivity index (χ4v) is 2.96. The highest BCUT2D eigenvalue weighted by molar-refractivity contribution is 7.98. The lowest BCUT2D eigenvalue weighted by atomic mass is 10.0. The van der Waals surface area contributed by atoms with Crippen LogP contribution in [0.5, 0.6) is 0 Å². The van der Waals surface area contributed by atoms with Gasteiger partial charge in [-0.05, 0) is 42.2 Å². The predicted molar refractivity (Wildman–Crippen MR) is 107 cm³/mol. The number of carbonyl (C=O) groups excluding carboxylic acids is 1. The summed E-state index contributed by atoms with van der Waals surface area (Å²) in [6.45, 7) is 0. The van der Waals surface area contributed by atoms with E-state index in [0.29, 0.717) is 21.8 Å². The predicted octanol–water partition coefficient (Wildman–Crippen LogP) is 6.04. The number of ketones is 1. The number of thioether (sulfide) groups is 1. The summed E-state index contributed by atoms with van der Waals surface area (Å²) < 4.78 is 0. The second-order valence-electron chi connectivity index (χ2n) is 5.39. The number of benzene rings is 3. The summed E-state index contributed by atoms with van der Waals surface area (Å²) in [5.74, 6) is -0.0898. The summed E-state index contributed by atoms with van der Waals surface area (Å²) in [6.07, 6.45) is 3.80. The van der Waals surface area contributed by atoms with E-state index in [1.807, 2.05) is 48.7 Å². The van der Waals surface area contributed by atoms with E-state index in [1.54, 1.807) is 48.3 Å². The smallest absolute Gasteiger partial charge is 0.195 e. The fraction of sp³-hybridized carbons (Fsp3) is 0.0476. The molecule has 0 aliphatic rings. The third-order valence-electron chi connectivity index (χ3n) is 3.71. The van der Waals surface area contributed by atoms with Crippen molar-refractivity contribution in [2.24, 2.45) is 4.99 Å². The lowest BCUT2D eigenvalue weighted by Gasteiger charge is -2.06. The van der Waals surface area contributed by atoms with Crippen LogP contribution in [0.15, 0.2) is 82.7 Å². The first kappa shape index (κ1) is 17.5. The average Bonchev–Trinajstić information content (AvgIpc) is 2.67. The van der Waals surface area contributed by atoms with Crippen LogP contribution in [0.2, 0.25) is 5.02 Å². The molecule has 0 heterocycles. The molecule has 0 saturated carbocycles. The van der Waals surface area contributed by atoms with Gasteiger partial charge >= 0.3 is 0 Å². The number of hydrogen-bond acceptors (Lipinski definition) is 3. The van der Waals surface area contributed by atoms with Gasteiger partial charge in [-0.25, -0.2) is 0 Å². The van der Waals surface area contributed by atoms with Crippen molar-refractivity contribution in [2.45, 2.75) is 4.90 Å². The zero-order valence-corrected chi connectivity index (χ0v) is 15.2. The Bertz CT molecular complexity index is 905. The molecule has 0 atom stereocenters. The Morgan fingerprint density at radius 3 is 2.40 bits per heavy atom. The first-order chi connectivity index (χ1) is 12.2. The summed E-state index contributed by atoms with van der Waals surface area (Å²) in [7, 11) is 0. The molecule has 2 nitrogen and oxygen atoms in total. The third-order valence-corrected chi connectivity index (χ3v) is 4.69. The molecule has 0 unspecified atom stereocenters. The molecule has 0 saturated heterocycles. The molecule has 3 rings (SSSR count). The van der Waals surface area contributed by atoms with Gasteiger partial charge < -0.3 is 0 Å². The Morgan fingerprint density at radius 2 is 1.72 bits per heavy atom. The summed E-state index contributed by atoms with van der Waals surface area (Å²) in [5.41, 5.74) is 2.69. The molecule has 0 spiro atoms. The molecule has 25 heavy (non-hydrogen) atoms. The van der Waals surface area contributed by atoms with Crippen LogP contribution < -0.4 is 0 Å². The highest BCUT2D eigenvalue weighted by Gasteiger charge is 2.13. The number of carbonyl (C=O) groups is 1. The van der Waals surface area contributed by atoms with Crippen molar-refractivity contribution in [3.8, 4) is 0 Å². The van der Waals surface area contributed by atoms with Crippen LogP contribution in [0.3, 0.4) is 0 Å². The van der Waals surface area contributed by atoms with Gasteiger partial charge in [0.2, 0.25) is 0 Å². The summed E-state index contributed by atoms with van der Waals surface area (Å²) in [4.78, 5) is 18.5. The summed E-state index contributed by atoms with van der Waals surface area (Å²) >= 11 is 7.79. The molecule has 0 aliphatic heterocycles. The van der Waals surface area contributed by atoms with Gasteiger partial charge in [-0.1, -0.05) is 54.1 Å². The Hall–Kier alpha value is -2.36. The molecular formula is C21H16ClNOS. The second kappa shape index (κ2) is 8.15. The first-order valence-corrected chi connectivity index (χ1v) is 9.35. The number of nitrogens with zero attached hydrogens (tertiary/aromatic N) is 1. The van der Waals surface area contributed by atoms with Crippen LogP contribution in [-0.4, -0.2) is 18.3 Å². The lowest BCUT2D eigenvalue weighted by Crippen LogP contribution is -2.01. The molecule has 124 valence electrons. The van der Waals surface area contributed by atoms with E-state index in [9.17, 15) is 4.79 Å². The average molecular weight is 366 g/mol. The molecular weight excluding hydrogens is 350 g/mol. The van der Waals surface area contributed by atoms with Gasteiger partial charge in [-0.2, -0.15) is 0 Å². The number of aliphatic imine (C=N–C) groups is 1. The lowest BCUT2D eigenvalue weighted by molar-refractivity contribution is 0.103. The topological polar surface area (TPSA) is 29.4 Å². The van der Waals surface area contributed by atoms with Crippen molar-refractivity contribution in [1.29, 1.82) is 0 Å². The van der Waals surface area contributed by atoms with E-state index in [2.05, 4.69) is 4.99 Å². The molecule has 0 fully saturated rings. The molecule has 0 aromatic heterocycles. The summed E-state index contributed by atoms with van der Waals surface area (Å²) in [6, 6.07) is 22.4. The Morgan fingerprint density at radius 1 is 1.00 bits per heavy atom. The zero-order chi connectivity index (χ0) is 17.6. The van der Waals surface area contributed by atoms with Gasteiger partial charge in [-0.15, -0.1) is 11.8 Å². The van der Waals surface area contributed by atoms with E-state index in [-0.39, 0.29) is 5.78 Å². The third kappa shape index (κ3) is 4.38. The van der Waals surface area contributed by atoms with Crippen LogP contribution in [0.4, 0.5) is 5.69 Å². The standard InChI is InChI=1S/C21H16ClNOS/c1-25-18-10-7-15(8-11-18)14-23-20-12-9-17(22)13-19(20)21(24)16-5-3-2-4-6-16/h2-14H,1H3. The SMILES string of the molecule is CSc1ccc(C=Nc2ccc(Cl)cc2C(=O)c2ccccc2)cc1. The van der Waals surface area contributed by atoms with Crippen LogP contribution >= 0.6 is 23.4 Å². The van der Waals surface area contributed by atoms with Crippen molar-refractivity contribution in [1.82, 2.24) is 0 Å². The molecule has 3 aromatic carbocycles. The van der Waals surface area contributed by atoms with Crippen molar-refractivity contribution >= 4 is 41.0 Å². The van der Waals surface area contributed by atoms with Gasteiger partial charge in [-0.3, -0.25) is 9.79 Å². The van der Waals surface area contributed by atoms with Crippen molar-refractivity contribution in [2.75, 3.05) is 6.26 Å². The Kier molecular flexibility index (Phi) is 5.69. The van der Waals surface area contributed by atoms with Gasteiger partial charge in [0.15, 0.2) is 5.78 Å². The van der Waals surface area contributed by atoms with Gasteiger partial charge in [0.1, 0.15) is 0 Å². The maximum absolute atomic E-state index is 12.8. The number of halogens is 1. The van der Waals surface area contributed by atoms with Crippen LogP contribution in [0.1, 0.15) is 21.5 Å². The molecule has 0 radical (unpaired) electrons. The van der Waals surface area contributed by atoms with Crippen LogP contribution in [0, 0.1) is 0 Å². The highest BCUT2D eigenvalue weighted by atomic mass is 35.5. The highest BCUT2D eigenvalue weighted by Crippen LogP contribution is 2.26. The fourth-order valence-electron chi connectivity index (χ4n) is 2.38. The Balaban J connectivity index is 1.93. The van der Waals surface area contributed by atoms with E-state index >= 15 is 0 Å². The normalized spacial score (nSPS) is 11.0. The van der Waals surface area contributed by atoms with E-state index in [0.717, 1.165) is 5.56 Å². The van der Waals surface area contributed by atoms with E-state index in [4.69, 9.17) is 11.6 Å². The summed E-state index contributed by atoms with van der Waals surface area (Å²) in [5, 5.41) is 0.516. The number of hydrogen-bond donors (Lipinski definition) is 0. The molecule has 0 aliphatic carbocycles. The maximum Gasteiger partial charge on any atom is 0.195 e. The quantitative estimate of drug-likeness (QED) is 0.313. The molecule has 0 N–H and O–H groups in total. The number of rotatable bonds is 5. The first-order valence-electron chi connectivity index (χ1n) is 7.75. The minimum atomic E-state index is -0.0898. The molecule has 4 heteroatoms. The van der Waals surface area contributed by atoms with E-state index in [1.165, 1.54) is 4.90 Å². The molecule has 0 bridgehead atoms. The molecule has 3 aromatic rings. The van der Waals surface area contributed by atoms with Crippen molar-refractivity contribution in [3.63, 3.8) is 0 Å². The zero-order valence-electron chi connectivity index (χ0n) is 13.6. The monoisotopic (exact) mass is 365 g/mol. The largest absolute Gasteiger partial charge is 0.289 e. The minimum Gasteiger partial charge on any atom is -0.289 e.